The predicted molar refractivity (Wildman–Crippen MR) is 418 cm³/mol. The summed E-state index contributed by atoms with van der Waals surface area (Å²) in [6.07, 6.45) is 25.8. The van der Waals surface area contributed by atoms with Gasteiger partial charge in [0.2, 0.25) is 0 Å². The first-order valence-electron chi connectivity index (χ1n) is 39.5. The summed E-state index contributed by atoms with van der Waals surface area (Å²) in [6.45, 7) is 26.3. The van der Waals surface area contributed by atoms with Crippen LogP contribution in [-0.2, 0) is 20.8 Å². The Morgan fingerprint density at radius 1 is 0.373 bits per heavy atom. The van der Waals surface area contributed by atoms with Crippen LogP contribution in [0.15, 0.2) is 170 Å². The first-order chi connectivity index (χ1) is 49.1. The third-order valence-electron chi connectivity index (χ3n) is 24.1. The van der Waals surface area contributed by atoms with Crippen LogP contribution in [0.3, 0.4) is 0 Å². The predicted octanol–water partition coefficient (Wildman–Crippen LogP) is 25.0. The van der Waals surface area contributed by atoms with E-state index in [-0.39, 0.29) is 35.2 Å². The minimum atomic E-state index is -0.163. The van der Waals surface area contributed by atoms with Crippen molar-refractivity contribution in [2.24, 2.45) is 40.9 Å². The number of carbonyl (C=O) groups is 3. The van der Waals surface area contributed by atoms with Crippen LogP contribution in [0.2, 0.25) is 0 Å². The highest BCUT2D eigenvalue weighted by atomic mass is 16.5. The van der Waals surface area contributed by atoms with Crippen LogP contribution >= 0.6 is 0 Å². The van der Waals surface area contributed by atoms with Gasteiger partial charge in [-0.1, -0.05) is 206 Å². The van der Waals surface area contributed by atoms with E-state index in [1.165, 1.54) is 90.3 Å². The Morgan fingerprint density at radius 3 is 1.08 bits per heavy atom. The number of benzene rings is 7. The molecule has 14 rings (SSSR count). The summed E-state index contributed by atoms with van der Waals surface area (Å²) in [4.78, 5) is 38.0. The summed E-state index contributed by atoms with van der Waals surface area (Å²) in [5.74, 6) is 10.4. The highest BCUT2D eigenvalue weighted by Gasteiger charge is 2.55. The fourth-order valence-electron chi connectivity index (χ4n) is 16.5. The quantitative estimate of drug-likeness (QED) is 0.0566. The number of aromatic hydroxyl groups is 3. The van der Waals surface area contributed by atoms with Gasteiger partial charge < -0.3 is 29.5 Å². The van der Waals surface area contributed by atoms with Crippen molar-refractivity contribution in [2.45, 2.75) is 266 Å². The van der Waals surface area contributed by atoms with Crippen molar-refractivity contribution in [3.8, 4) is 34.5 Å². The molecule has 10 unspecified atom stereocenters. The minimum absolute atomic E-state index is 0.00897. The summed E-state index contributed by atoms with van der Waals surface area (Å²) >= 11 is 0. The molecule has 0 amide bonds. The number of aryl methyl sites for hydroxylation is 1. The normalized spacial score (nSPS) is 22.8. The number of hydrogen-bond donors (Lipinski definition) is 3. The fraction of sp³-hybridized carbons (Fsp3) is 0.516. The van der Waals surface area contributed by atoms with Crippen LogP contribution in [0.25, 0.3) is 0 Å². The van der Waals surface area contributed by atoms with Crippen LogP contribution in [0.1, 0.15) is 304 Å². The third kappa shape index (κ3) is 23.2. The SMILES string of the molecule is CCC(C)c1ccc(O)cc1.CCC(C)c1ccc(O)cc1.CCC(C)c1ccc(O)cc1.CCC(C)c1ccc(OC(=O)C23CC4CC(CC(C4)C2)C3)cc1.CCC(C)c1ccc(OC(=O)C2CCC3CCCCC3C2)cc1.CCC(C)c1ccc(OC(=O)C2CCCc3ccccc32)cc1. The molecule has 4 bridgehead atoms. The van der Waals surface area contributed by atoms with Crippen molar-refractivity contribution < 1.29 is 43.9 Å². The average molecular weight is 1390 g/mol. The van der Waals surface area contributed by atoms with Gasteiger partial charge in [-0.3, -0.25) is 14.4 Å². The molecule has 102 heavy (non-hydrogen) atoms. The number of fused-ring (bicyclic) bond motifs is 2. The molecule has 10 atom stereocenters. The Hall–Kier alpha value is -7.65. The fourth-order valence-corrected chi connectivity index (χ4v) is 16.5. The maximum atomic E-state index is 12.9. The van der Waals surface area contributed by atoms with Gasteiger partial charge in [-0.25, -0.2) is 0 Å². The second-order valence-electron chi connectivity index (χ2n) is 31.2. The third-order valence-corrected chi connectivity index (χ3v) is 24.1. The Balaban J connectivity index is 0.000000160. The summed E-state index contributed by atoms with van der Waals surface area (Å²) in [7, 11) is 0. The van der Waals surface area contributed by atoms with E-state index in [0.717, 1.165) is 131 Å². The average Bonchev–Trinajstić information content (AvgIpc) is 0.742. The van der Waals surface area contributed by atoms with Crippen molar-refractivity contribution in [1.29, 1.82) is 0 Å². The van der Waals surface area contributed by atoms with E-state index in [4.69, 9.17) is 29.5 Å². The lowest BCUT2D eigenvalue weighted by Gasteiger charge is -2.55. The van der Waals surface area contributed by atoms with Gasteiger partial charge in [-0.15, -0.1) is 0 Å². The molecular weight excluding hydrogens is 1260 g/mol. The highest BCUT2D eigenvalue weighted by molar-refractivity contribution is 5.81. The first-order valence-corrected chi connectivity index (χ1v) is 39.5. The van der Waals surface area contributed by atoms with Crippen LogP contribution < -0.4 is 14.2 Å². The van der Waals surface area contributed by atoms with Gasteiger partial charge in [0.25, 0.3) is 0 Å². The lowest BCUT2D eigenvalue weighted by atomic mass is 9.49. The van der Waals surface area contributed by atoms with Gasteiger partial charge in [0.1, 0.15) is 34.5 Å². The Kier molecular flexibility index (Phi) is 31.3. The van der Waals surface area contributed by atoms with Gasteiger partial charge in [0.05, 0.1) is 17.3 Å². The van der Waals surface area contributed by atoms with Crippen molar-refractivity contribution in [3.63, 3.8) is 0 Å². The molecule has 9 nitrogen and oxygen atoms in total. The van der Waals surface area contributed by atoms with E-state index in [0.29, 0.717) is 64.3 Å². The van der Waals surface area contributed by atoms with Crippen LogP contribution in [0.4, 0.5) is 0 Å². The number of rotatable bonds is 18. The maximum absolute atomic E-state index is 12.9. The largest absolute Gasteiger partial charge is 0.508 e. The monoisotopic (exact) mass is 1380 g/mol. The van der Waals surface area contributed by atoms with Gasteiger partial charge in [-0.2, -0.15) is 0 Å². The van der Waals surface area contributed by atoms with E-state index >= 15 is 0 Å². The zero-order valence-electron chi connectivity index (χ0n) is 64.0. The number of ether oxygens (including phenoxy) is 3. The van der Waals surface area contributed by atoms with E-state index in [2.05, 4.69) is 132 Å². The molecule has 7 aliphatic carbocycles. The molecule has 0 saturated heterocycles. The first kappa shape index (κ1) is 80.0. The topological polar surface area (TPSA) is 140 Å². The standard InChI is InChI=1S/C21H28O2.C21H24O2.C21H30O2.3C10H14O/c1-3-14(2)18-4-6-19(7-5-18)23-20(22)21-11-15-8-16(12-21)10-17(9-15)13-21;1-3-15(2)16-11-13-18(14-12-16)23-21(22)20-10-6-8-17-7-4-5-9-19(17)20;1-3-15(2)16-10-12-20(13-11-16)23-21(22)19-9-8-17-6-4-5-7-18(17)14-19;3*1-3-8(2)9-4-6-10(11)7-5-9/h4-7,14-17H,3,8-13H2,1-2H3;4-5,7,9,11-15,20H,3,6,8,10H2,1-2H3;10-13,15,17-19H,3-9,14H2,1-2H3;3*4-8,11H,3H2,1-2H3. The molecule has 0 aromatic heterocycles. The van der Waals surface area contributed by atoms with Gasteiger partial charge >= 0.3 is 17.9 Å². The lowest BCUT2D eigenvalue weighted by Crippen LogP contribution is -2.51. The van der Waals surface area contributed by atoms with Crippen molar-refractivity contribution in [1.82, 2.24) is 0 Å². The molecule has 6 saturated carbocycles. The molecular formula is C93H124O9. The van der Waals surface area contributed by atoms with Crippen molar-refractivity contribution >= 4 is 17.9 Å². The number of carbonyl (C=O) groups excluding carboxylic acids is 3. The van der Waals surface area contributed by atoms with Crippen molar-refractivity contribution in [3.05, 3.63) is 214 Å². The molecule has 9 heteroatoms. The Bertz CT molecular complexity index is 3450. The van der Waals surface area contributed by atoms with E-state index in [1.54, 1.807) is 36.4 Å². The van der Waals surface area contributed by atoms with Gasteiger partial charge in [0.15, 0.2) is 0 Å². The number of hydrogen-bond acceptors (Lipinski definition) is 9. The van der Waals surface area contributed by atoms with E-state index < -0.39 is 0 Å². The molecule has 0 spiro atoms. The molecule has 6 fully saturated rings. The summed E-state index contributed by atoms with van der Waals surface area (Å²) < 4.78 is 17.1. The molecule has 0 heterocycles. The molecule has 0 radical (unpaired) electrons. The van der Waals surface area contributed by atoms with Crippen LogP contribution in [0, 0.1) is 40.9 Å². The minimum Gasteiger partial charge on any atom is -0.508 e. The van der Waals surface area contributed by atoms with Gasteiger partial charge in [0, 0.05) is 0 Å². The number of esters is 3. The molecule has 7 aliphatic rings. The molecule has 550 valence electrons. The van der Waals surface area contributed by atoms with Crippen LogP contribution in [-0.4, -0.2) is 33.2 Å². The zero-order valence-corrected chi connectivity index (χ0v) is 64.0. The molecule has 3 N–H and O–H groups in total. The molecule has 7 aromatic rings. The highest BCUT2D eigenvalue weighted by Crippen LogP contribution is 2.60. The second-order valence-corrected chi connectivity index (χ2v) is 31.2. The Morgan fingerprint density at radius 2 is 0.706 bits per heavy atom. The van der Waals surface area contributed by atoms with E-state index in [9.17, 15) is 14.4 Å². The number of phenolic OH excluding ortho intramolecular Hbond substituents is 3. The summed E-state index contributed by atoms with van der Waals surface area (Å²) in [5.41, 5.74) is 10.1. The summed E-state index contributed by atoms with van der Waals surface area (Å²) in [5, 5.41) is 27.0. The van der Waals surface area contributed by atoms with E-state index in [1.807, 2.05) is 84.9 Å². The van der Waals surface area contributed by atoms with Crippen LogP contribution in [0.5, 0.6) is 34.5 Å². The molecule has 0 aliphatic heterocycles. The van der Waals surface area contributed by atoms with Gasteiger partial charge in [-0.05, 0) is 298 Å². The Labute approximate surface area is 614 Å². The maximum Gasteiger partial charge on any atom is 0.318 e. The zero-order chi connectivity index (χ0) is 73.3. The molecule has 7 aromatic carbocycles. The van der Waals surface area contributed by atoms with Crippen molar-refractivity contribution in [2.75, 3.05) is 0 Å². The lowest BCUT2D eigenvalue weighted by molar-refractivity contribution is -0.161. The smallest absolute Gasteiger partial charge is 0.318 e. The number of phenols is 3. The summed E-state index contributed by atoms with van der Waals surface area (Å²) in [6, 6.07) is 54.7. The second kappa shape index (κ2) is 39.8.